The monoisotopic (exact) mass is 723 g/mol. The second-order valence-corrected chi connectivity index (χ2v) is 14.4. The van der Waals surface area contributed by atoms with Crippen LogP contribution in [0.1, 0.15) is 42.0 Å². The quantitative estimate of drug-likeness (QED) is 0.137. The van der Waals surface area contributed by atoms with Crippen LogP contribution in [-0.2, 0) is 32.6 Å². The van der Waals surface area contributed by atoms with Gasteiger partial charge in [0.25, 0.3) is 10.0 Å². The zero-order chi connectivity index (χ0) is 33.3. The molecule has 0 spiro atoms. The molecule has 0 aromatic heterocycles. The van der Waals surface area contributed by atoms with E-state index in [9.17, 15) is 18.0 Å². The number of amides is 2. The molecular formula is C36H39BrClN3O4S. The van der Waals surface area contributed by atoms with Gasteiger partial charge in [-0.3, -0.25) is 13.9 Å². The summed E-state index contributed by atoms with van der Waals surface area (Å²) in [4.78, 5) is 30.0. The van der Waals surface area contributed by atoms with Gasteiger partial charge in [-0.25, -0.2) is 8.42 Å². The lowest BCUT2D eigenvalue weighted by molar-refractivity contribution is -0.140. The van der Waals surface area contributed by atoms with Gasteiger partial charge in [0.2, 0.25) is 11.8 Å². The van der Waals surface area contributed by atoms with Crippen LogP contribution in [0.2, 0.25) is 5.02 Å². The summed E-state index contributed by atoms with van der Waals surface area (Å²) in [6, 6.07) is 27.6. The molecule has 0 heterocycles. The number of hydrogen-bond donors (Lipinski definition) is 1. The van der Waals surface area contributed by atoms with Crippen molar-refractivity contribution in [1.82, 2.24) is 10.2 Å². The molecule has 0 aliphatic heterocycles. The second kappa shape index (κ2) is 16.3. The van der Waals surface area contributed by atoms with E-state index in [2.05, 4.69) is 21.2 Å². The number of anilines is 1. The van der Waals surface area contributed by atoms with E-state index in [4.69, 9.17) is 11.6 Å². The molecule has 0 saturated carbocycles. The van der Waals surface area contributed by atoms with Crippen LogP contribution in [0.5, 0.6) is 0 Å². The molecular weight excluding hydrogens is 686 g/mol. The van der Waals surface area contributed by atoms with Crippen LogP contribution < -0.4 is 9.62 Å². The molecule has 1 unspecified atom stereocenters. The molecule has 0 radical (unpaired) electrons. The summed E-state index contributed by atoms with van der Waals surface area (Å²) in [7, 11) is -4.22. The van der Waals surface area contributed by atoms with E-state index in [0.717, 1.165) is 38.3 Å². The highest BCUT2D eigenvalue weighted by Gasteiger charge is 2.35. The largest absolute Gasteiger partial charge is 0.354 e. The first-order chi connectivity index (χ1) is 22.0. The van der Waals surface area contributed by atoms with Gasteiger partial charge in [0, 0.05) is 29.0 Å². The first-order valence-electron chi connectivity index (χ1n) is 15.2. The lowest BCUT2D eigenvalue weighted by Crippen LogP contribution is -2.53. The van der Waals surface area contributed by atoms with E-state index in [-0.39, 0.29) is 29.5 Å². The lowest BCUT2D eigenvalue weighted by Gasteiger charge is -2.34. The molecule has 0 fully saturated rings. The van der Waals surface area contributed by atoms with Gasteiger partial charge in [-0.05, 0) is 73.4 Å². The first kappa shape index (κ1) is 35.2. The van der Waals surface area contributed by atoms with Crippen molar-refractivity contribution in [2.45, 2.75) is 57.5 Å². The molecule has 0 bridgehead atoms. The van der Waals surface area contributed by atoms with Gasteiger partial charge in [0.1, 0.15) is 12.6 Å². The Bertz CT molecular complexity index is 1750. The van der Waals surface area contributed by atoms with Gasteiger partial charge in [0.15, 0.2) is 0 Å². The fourth-order valence-corrected chi connectivity index (χ4v) is 7.20. The number of sulfonamides is 1. The van der Waals surface area contributed by atoms with Gasteiger partial charge in [-0.1, -0.05) is 107 Å². The van der Waals surface area contributed by atoms with E-state index in [1.165, 1.54) is 17.0 Å². The first-order valence-corrected chi connectivity index (χ1v) is 17.8. The molecule has 242 valence electrons. The Hall–Kier alpha value is -3.66. The number of benzene rings is 4. The number of carbonyl (C=O) groups excluding carboxylic acids is 2. The molecule has 7 nitrogen and oxygen atoms in total. The van der Waals surface area contributed by atoms with Gasteiger partial charge in [-0.15, -0.1) is 0 Å². The summed E-state index contributed by atoms with van der Waals surface area (Å²) in [6.45, 7) is 5.64. The third-order valence-corrected chi connectivity index (χ3v) is 10.4. The van der Waals surface area contributed by atoms with E-state index in [0.29, 0.717) is 17.1 Å². The van der Waals surface area contributed by atoms with Crippen LogP contribution in [0, 0.1) is 13.8 Å². The molecule has 46 heavy (non-hydrogen) atoms. The number of aryl methyl sites for hydroxylation is 1. The third-order valence-electron chi connectivity index (χ3n) is 7.74. The normalized spacial score (nSPS) is 11.9. The van der Waals surface area contributed by atoms with E-state index in [1.807, 2.05) is 68.4 Å². The van der Waals surface area contributed by atoms with Crippen molar-refractivity contribution in [2.75, 3.05) is 17.4 Å². The molecule has 0 saturated heterocycles. The van der Waals surface area contributed by atoms with Crippen LogP contribution in [0.4, 0.5) is 5.69 Å². The topological polar surface area (TPSA) is 86.8 Å². The Morgan fingerprint density at radius 3 is 2.24 bits per heavy atom. The van der Waals surface area contributed by atoms with Crippen LogP contribution in [0.25, 0.3) is 0 Å². The van der Waals surface area contributed by atoms with E-state index in [1.54, 1.807) is 37.3 Å². The van der Waals surface area contributed by atoms with Crippen molar-refractivity contribution in [3.63, 3.8) is 0 Å². The minimum Gasteiger partial charge on any atom is -0.354 e. The molecule has 4 aromatic carbocycles. The van der Waals surface area contributed by atoms with Crippen LogP contribution >= 0.6 is 27.5 Å². The minimum atomic E-state index is -4.22. The average molecular weight is 725 g/mol. The maximum Gasteiger partial charge on any atom is 0.264 e. The number of carbonyl (C=O) groups is 2. The van der Waals surface area contributed by atoms with E-state index >= 15 is 0 Å². The highest BCUT2D eigenvalue weighted by Crippen LogP contribution is 2.31. The van der Waals surface area contributed by atoms with Crippen molar-refractivity contribution in [2.24, 2.45) is 0 Å². The standard InChI is InChI=1S/C36H39BrClN3O4S/c1-4-5-21-39-36(43)34(23-28-11-7-6-8-12-28)40(24-29-13-9-14-30(37)22-29)35(42)25-41(33-16-10-15-32(38)27(33)3)46(44,45)31-19-17-26(2)18-20-31/h6-20,22,34H,4-5,21,23-25H2,1-3H3,(H,39,43). The third kappa shape index (κ3) is 8.99. The highest BCUT2D eigenvalue weighted by molar-refractivity contribution is 9.10. The molecule has 0 aliphatic rings. The Labute approximate surface area is 285 Å². The molecule has 1 atom stereocenters. The Morgan fingerprint density at radius 1 is 0.891 bits per heavy atom. The maximum absolute atomic E-state index is 14.6. The van der Waals surface area contributed by atoms with Crippen LogP contribution in [-0.4, -0.2) is 44.3 Å². The smallest absolute Gasteiger partial charge is 0.264 e. The summed E-state index contributed by atoms with van der Waals surface area (Å²) in [5.74, 6) is -0.825. The molecule has 4 rings (SSSR count). The fraction of sp³-hybridized carbons (Fsp3) is 0.278. The number of nitrogens with zero attached hydrogens (tertiary/aromatic N) is 2. The summed E-state index contributed by atoms with van der Waals surface area (Å²) in [5.41, 5.74) is 3.37. The number of nitrogens with one attached hydrogen (secondary N) is 1. The number of rotatable bonds is 14. The predicted molar refractivity (Wildman–Crippen MR) is 188 cm³/mol. The predicted octanol–water partition coefficient (Wildman–Crippen LogP) is 7.47. The van der Waals surface area contributed by atoms with Crippen LogP contribution in [0.15, 0.2) is 106 Å². The zero-order valence-corrected chi connectivity index (χ0v) is 29.4. The summed E-state index contributed by atoms with van der Waals surface area (Å²) in [6.07, 6.45) is 1.94. The maximum atomic E-state index is 14.6. The summed E-state index contributed by atoms with van der Waals surface area (Å²) in [5, 5.41) is 3.38. The fourth-order valence-electron chi connectivity index (χ4n) is 5.11. The summed E-state index contributed by atoms with van der Waals surface area (Å²) < 4.78 is 30.5. The number of halogens is 2. The average Bonchev–Trinajstić information content (AvgIpc) is 3.03. The minimum absolute atomic E-state index is 0.0435. The Kier molecular flexibility index (Phi) is 12.4. The van der Waals surface area contributed by atoms with Gasteiger partial charge in [0.05, 0.1) is 10.6 Å². The highest BCUT2D eigenvalue weighted by atomic mass is 79.9. The molecule has 4 aromatic rings. The molecule has 0 aliphatic carbocycles. The lowest BCUT2D eigenvalue weighted by atomic mass is 10.0. The van der Waals surface area contributed by atoms with Crippen molar-refractivity contribution >= 4 is 55.1 Å². The molecule has 2 amide bonds. The van der Waals surface area contributed by atoms with Crippen molar-refractivity contribution < 1.29 is 18.0 Å². The van der Waals surface area contributed by atoms with Crippen LogP contribution in [0.3, 0.4) is 0 Å². The zero-order valence-electron chi connectivity index (χ0n) is 26.2. The molecule has 1 N–H and O–H groups in total. The Balaban J connectivity index is 1.82. The van der Waals surface area contributed by atoms with E-state index < -0.39 is 28.5 Å². The number of hydrogen-bond acceptors (Lipinski definition) is 4. The van der Waals surface area contributed by atoms with Gasteiger partial charge >= 0.3 is 0 Å². The van der Waals surface area contributed by atoms with Crippen molar-refractivity contribution in [3.8, 4) is 0 Å². The number of unbranched alkanes of at least 4 members (excludes halogenated alkanes) is 1. The van der Waals surface area contributed by atoms with Crippen molar-refractivity contribution in [1.29, 1.82) is 0 Å². The van der Waals surface area contributed by atoms with Gasteiger partial charge in [-0.2, -0.15) is 0 Å². The van der Waals surface area contributed by atoms with Crippen molar-refractivity contribution in [3.05, 3.63) is 129 Å². The Morgan fingerprint density at radius 2 is 1.57 bits per heavy atom. The summed E-state index contributed by atoms with van der Waals surface area (Å²) >= 11 is 9.98. The molecule has 10 heteroatoms. The second-order valence-electron chi connectivity index (χ2n) is 11.2. The SMILES string of the molecule is CCCCNC(=O)C(Cc1ccccc1)N(Cc1cccc(Br)c1)C(=O)CN(c1cccc(Cl)c1C)S(=O)(=O)c1ccc(C)cc1. The van der Waals surface area contributed by atoms with Gasteiger partial charge < -0.3 is 10.2 Å².